The lowest BCUT2D eigenvalue weighted by Crippen LogP contribution is -2.40. The number of likely N-dealkylation sites (N-methyl/N-ethyl adjacent to an activating group) is 1. The molecule has 0 aromatic heterocycles. The van der Waals surface area contributed by atoms with Crippen LogP contribution in [0.2, 0.25) is 0 Å². The van der Waals surface area contributed by atoms with Crippen LogP contribution in [0.3, 0.4) is 0 Å². The van der Waals surface area contributed by atoms with Crippen LogP contribution in [0, 0.1) is 6.92 Å². The minimum atomic E-state index is -0.256. The molecule has 0 saturated heterocycles. The van der Waals surface area contributed by atoms with E-state index in [0.29, 0.717) is 23.8 Å². The molecule has 0 saturated carbocycles. The Hall–Kier alpha value is -2.73. The van der Waals surface area contributed by atoms with Crippen LogP contribution in [0.25, 0.3) is 0 Å². The topological polar surface area (TPSA) is 60.0 Å². The van der Waals surface area contributed by atoms with Gasteiger partial charge in [0.15, 0.2) is 11.5 Å². The maximum absolute atomic E-state index is 12.5. The van der Waals surface area contributed by atoms with Gasteiger partial charge in [0.25, 0.3) is 0 Å². The SMILES string of the molecule is Cc1ccccc1OCCCN(C)C(C)C(=O)Nc1ccc2c(c1)OCO2. The first kappa shape index (κ1) is 19.0. The first-order valence-electron chi connectivity index (χ1n) is 9.14. The number of anilines is 1. The molecule has 6 nitrogen and oxygen atoms in total. The first-order chi connectivity index (χ1) is 13.0. The van der Waals surface area contributed by atoms with Crippen molar-refractivity contribution in [2.24, 2.45) is 0 Å². The number of benzene rings is 2. The second-order valence-corrected chi connectivity index (χ2v) is 6.68. The quantitative estimate of drug-likeness (QED) is 0.721. The standard InChI is InChI=1S/C21H26N2O4/c1-15-7-4-5-8-18(15)25-12-6-11-23(3)16(2)21(24)22-17-9-10-19-20(13-17)27-14-26-19/h4-5,7-10,13,16H,6,11-12,14H2,1-3H3,(H,22,24). The zero-order valence-electron chi connectivity index (χ0n) is 16.0. The van der Waals surface area contributed by atoms with E-state index in [4.69, 9.17) is 14.2 Å². The van der Waals surface area contributed by atoms with E-state index < -0.39 is 0 Å². The van der Waals surface area contributed by atoms with E-state index >= 15 is 0 Å². The molecule has 0 bridgehead atoms. The highest BCUT2D eigenvalue weighted by Gasteiger charge is 2.19. The fraction of sp³-hybridized carbons (Fsp3) is 0.381. The Morgan fingerprint density at radius 1 is 1.22 bits per heavy atom. The van der Waals surface area contributed by atoms with E-state index in [9.17, 15) is 4.79 Å². The van der Waals surface area contributed by atoms with Gasteiger partial charge in [-0.15, -0.1) is 0 Å². The number of nitrogens with one attached hydrogen (secondary N) is 1. The van der Waals surface area contributed by atoms with Gasteiger partial charge in [-0.05, 0) is 51.1 Å². The van der Waals surface area contributed by atoms with Crippen molar-refractivity contribution in [3.05, 3.63) is 48.0 Å². The van der Waals surface area contributed by atoms with Gasteiger partial charge in [-0.25, -0.2) is 0 Å². The van der Waals surface area contributed by atoms with E-state index in [0.717, 1.165) is 24.3 Å². The van der Waals surface area contributed by atoms with Crippen LogP contribution >= 0.6 is 0 Å². The summed E-state index contributed by atoms with van der Waals surface area (Å²) in [6.45, 7) is 5.53. The largest absolute Gasteiger partial charge is 0.493 e. The summed E-state index contributed by atoms with van der Waals surface area (Å²) in [5, 5.41) is 2.93. The maximum Gasteiger partial charge on any atom is 0.241 e. The number of para-hydroxylation sites is 1. The molecule has 144 valence electrons. The van der Waals surface area contributed by atoms with Crippen molar-refractivity contribution in [1.82, 2.24) is 4.90 Å². The predicted octanol–water partition coefficient (Wildman–Crippen LogP) is 3.45. The van der Waals surface area contributed by atoms with Gasteiger partial charge in [0.1, 0.15) is 5.75 Å². The van der Waals surface area contributed by atoms with Gasteiger partial charge in [0.05, 0.1) is 12.6 Å². The van der Waals surface area contributed by atoms with Gasteiger partial charge >= 0.3 is 0 Å². The van der Waals surface area contributed by atoms with Crippen molar-refractivity contribution in [2.75, 3.05) is 32.3 Å². The van der Waals surface area contributed by atoms with Crippen LogP contribution in [-0.2, 0) is 4.79 Å². The second kappa shape index (κ2) is 8.77. The predicted molar refractivity (Wildman–Crippen MR) is 105 cm³/mol. The molecule has 2 aromatic rings. The molecule has 6 heteroatoms. The van der Waals surface area contributed by atoms with Gasteiger partial charge in [-0.3, -0.25) is 9.69 Å². The Kier molecular flexibility index (Phi) is 6.19. The Morgan fingerprint density at radius 2 is 2.00 bits per heavy atom. The van der Waals surface area contributed by atoms with E-state index in [1.165, 1.54) is 0 Å². The summed E-state index contributed by atoms with van der Waals surface area (Å²) < 4.78 is 16.4. The van der Waals surface area contributed by atoms with Crippen molar-refractivity contribution in [2.45, 2.75) is 26.3 Å². The number of aryl methyl sites for hydroxylation is 1. The third-order valence-electron chi connectivity index (χ3n) is 4.69. The number of fused-ring (bicyclic) bond motifs is 1. The van der Waals surface area contributed by atoms with E-state index in [1.54, 1.807) is 12.1 Å². The number of ether oxygens (including phenoxy) is 3. The minimum Gasteiger partial charge on any atom is -0.493 e. The molecule has 1 N–H and O–H groups in total. The fourth-order valence-electron chi connectivity index (χ4n) is 2.83. The summed E-state index contributed by atoms with van der Waals surface area (Å²) in [5.41, 5.74) is 1.83. The molecule has 0 aliphatic carbocycles. The normalized spacial score (nSPS) is 13.5. The van der Waals surface area contributed by atoms with Crippen LogP contribution in [-0.4, -0.2) is 43.8 Å². The van der Waals surface area contributed by atoms with E-state index in [2.05, 4.69) is 5.32 Å². The molecule has 1 amide bonds. The molecule has 0 radical (unpaired) electrons. The Morgan fingerprint density at radius 3 is 2.81 bits per heavy atom. The Bertz CT molecular complexity index is 794. The lowest BCUT2D eigenvalue weighted by molar-refractivity contribution is -0.120. The number of rotatable bonds is 8. The number of nitrogens with zero attached hydrogens (tertiary/aromatic N) is 1. The van der Waals surface area contributed by atoms with Crippen molar-refractivity contribution in [1.29, 1.82) is 0 Å². The summed E-state index contributed by atoms with van der Waals surface area (Å²) in [6, 6.07) is 13.1. The molecule has 1 heterocycles. The molecule has 2 aromatic carbocycles. The van der Waals surface area contributed by atoms with Gasteiger partial charge in [-0.1, -0.05) is 18.2 Å². The van der Waals surface area contributed by atoms with Gasteiger partial charge < -0.3 is 19.5 Å². The van der Waals surface area contributed by atoms with Crippen molar-refractivity contribution < 1.29 is 19.0 Å². The lowest BCUT2D eigenvalue weighted by Gasteiger charge is -2.24. The summed E-state index contributed by atoms with van der Waals surface area (Å²) >= 11 is 0. The van der Waals surface area contributed by atoms with Gasteiger partial charge in [0.2, 0.25) is 12.7 Å². The molecular formula is C21H26N2O4. The van der Waals surface area contributed by atoms with Crippen LogP contribution in [0.1, 0.15) is 18.9 Å². The number of amides is 1. The van der Waals surface area contributed by atoms with Crippen molar-refractivity contribution in [3.63, 3.8) is 0 Å². The number of carbonyl (C=O) groups excluding carboxylic acids is 1. The number of carbonyl (C=O) groups is 1. The molecule has 1 aliphatic rings. The van der Waals surface area contributed by atoms with Crippen LogP contribution < -0.4 is 19.5 Å². The number of hydrogen-bond acceptors (Lipinski definition) is 5. The highest BCUT2D eigenvalue weighted by Crippen LogP contribution is 2.34. The third kappa shape index (κ3) is 4.92. The van der Waals surface area contributed by atoms with Crippen molar-refractivity contribution in [3.8, 4) is 17.2 Å². The summed E-state index contributed by atoms with van der Waals surface area (Å²) in [5.74, 6) is 2.21. The monoisotopic (exact) mass is 370 g/mol. The van der Waals surface area contributed by atoms with Gasteiger partial charge in [-0.2, -0.15) is 0 Å². The van der Waals surface area contributed by atoms with E-state index in [-0.39, 0.29) is 18.7 Å². The average molecular weight is 370 g/mol. The average Bonchev–Trinajstić information content (AvgIpc) is 3.13. The Labute approximate surface area is 160 Å². The molecule has 27 heavy (non-hydrogen) atoms. The van der Waals surface area contributed by atoms with Crippen LogP contribution in [0.5, 0.6) is 17.2 Å². The molecule has 3 rings (SSSR count). The second-order valence-electron chi connectivity index (χ2n) is 6.68. The fourth-order valence-corrected chi connectivity index (χ4v) is 2.83. The highest BCUT2D eigenvalue weighted by molar-refractivity contribution is 5.94. The van der Waals surface area contributed by atoms with Gasteiger partial charge in [0, 0.05) is 18.3 Å². The molecule has 1 atom stereocenters. The number of hydrogen-bond donors (Lipinski definition) is 1. The molecule has 1 aliphatic heterocycles. The summed E-state index contributed by atoms with van der Waals surface area (Å²) in [7, 11) is 1.94. The molecular weight excluding hydrogens is 344 g/mol. The van der Waals surface area contributed by atoms with E-state index in [1.807, 2.05) is 56.1 Å². The smallest absolute Gasteiger partial charge is 0.241 e. The zero-order valence-corrected chi connectivity index (χ0v) is 16.0. The van der Waals surface area contributed by atoms with Crippen molar-refractivity contribution >= 4 is 11.6 Å². The molecule has 1 unspecified atom stereocenters. The highest BCUT2D eigenvalue weighted by atomic mass is 16.7. The van der Waals surface area contributed by atoms with Crippen LogP contribution in [0.15, 0.2) is 42.5 Å². The molecule has 0 spiro atoms. The zero-order chi connectivity index (χ0) is 19.2. The summed E-state index contributed by atoms with van der Waals surface area (Å²) in [6.07, 6.45) is 0.840. The minimum absolute atomic E-state index is 0.0591. The lowest BCUT2D eigenvalue weighted by atomic mass is 10.2. The maximum atomic E-state index is 12.5. The van der Waals surface area contributed by atoms with Crippen LogP contribution in [0.4, 0.5) is 5.69 Å². The Balaban J connectivity index is 1.43. The molecule has 0 fully saturated rings. The first-order valence-corrected chi connectivity index (χ1v) is 9.14. The summed E-state index contributed by atoms with van der Waals surface area (Å²) in [4.78, 5) is 14.5. The third-order valence-corrected chi connectivity index (χ3v) is 4.69.